The molecule has 0 heterocycles. The Kier molecular flexibility index (Phi) is 4.60. The van der Waals surface area contributed by atoms with Crippen LogP contribution in [0.25, 0.3) is 0 Å². The first kappa shape index (κ1) is 13.0. The number of rotatable bonds is 4. The van der Waals surface area contributed by atoms with Crippen molar-refractivity contribution in [2.45, 2.75) is 52.1 Å². The van der Waals surface area contributed by atoms with Crippen LogP contribution in [0.1, 0.15) is 46.5 Å². The Morgan fingerprint density at radius 2 is 1.73 bits per heavy atom. The standard InChI is InChI=1S/C13H26O2/c1-5-13(14,9-15-4)12-7-10(2)6-11(3)8-12/h10-12,14H,5-9H2,1-4H3. The fourth-order valence-electron chi connectivity index (χ4n) is 3.14. The van der Waals surface area contributed by atoms with Gasteiger partial charge in [0, 0.05) is 7.11 Å². The molecule has 0 aromatic heterocycles. The second-order valence-electron chi connectivity index (χ2n) is 5.50. The number of aliphatic hydroxyl groups is 1. The Bertz CT molecular complexity index is 183. The highest BCUT2D eigenvalue weighted by atomic mass is 16.5. The van der Waals surface area contributed by atoms with E-state index >= 15 is 0 Å². The van der Waals surface area contributed by atoms with Crippen molar-refractivity contribution >= 4 is 0 Å². The summed E-state index contributed by atoms with van der Waals surface area (Å²) in [5, 5.41) is 10.6. The lowest BCUT2D eigenvalue weighted by atomic mass is 9.69. The van der Waals surface area contributed by atoms with Crippen LogP contribution in [0.2, 0.25) is 0 Å². The van der Waals surface area contributed by atoms with Crippen LogP contribution in [0.3, 0.4) is 0 Å². The summed E-state index contributed by atoms with van der Waals surface area (Å²) in [4.78, 5) is 0. The molecule has 2 nitrogen and oxygen atoms in total. The van der Waals surface area contributed by atoms with Crippen LogP contribution < -0.4 is 0 Å². The third kappa shape index (κ3) is 3.18. The molecular weight excluding hydrogens is 188 g/mol. The van der Waals surface area contributed by atoms with Crippen molar-refractivity contribution in [2.24, 2.45) is 17.8 Å². The van der Waals surface area contributed by atoms with Gasteiger partial charge in [0.2, 0.25) is 0 Å². The van der Waals surface area contributed by atoms with Crippen LogP contribution in [0.4, 0.5) is 0 Å². The maximum Gasteiger partial charge on any atom is 0.0905 e. The van der Waals surface area contributed by atoms with Crippen molar-refractivity contribution in [3.05, 3.63) is 0 Å². The minimum Gasteiger partial charge on any atom is -0.387 e. The van der Waals surface area contributed by atoms with Crippen LogP contribution in [-0.2, 0) is 4.74 Å². The van der Waals surface area contributed by atoms with E-state index in [9.17, 15) is 5.11 Å². The van der Waals surface area contributed by atoms with Gasteiger partial charge in [-0.15, -0.1) is 0 Å². The Labute approximate surface area is 94.0 Å². The van der Waals surface area contributed by atoms with Gasteiger partial charge in [0.05, 0.1) is 12.2 Å². The van der Waals surface area contributed by atoms with Gasteiger partial charge in [0.1, 0.15) is 0 Å². The van der Waals surface area contributed by atoms with Crippen molar-refractivity contribution in [2.75, 3.05) is 13.7 Å². The average molecular weight is 214 g/mol. The molecule has 3 atom stereocenters. The van der Waals surface area contributed by atoms with Crippen LogP contribution >= 0.6 is 0 Å². The van der Waals surface area contributed by atoms with Crippen LogP contribution in [0, 0.1) is 17.8 Å². The lowest BCUT2D eigenvalue weighted by Gasteiger charge is -2.41. The summed E-state index contributed by atoms with van der Waals surface area (Å²) in [6, 6.07) is 0. The molecule has 0 radical (unpaired) electrons. The molecule has 90 valence electrons. The first-order valence-electron chi connectivity index (χ1n) is 6.23. The SMILES string of the molecule is CCC(O)(COC)C1CC(C)CC(C)C1. The molecule has 1 rings (SSSR count). The molecule has 15 heavy (non-hydrogen) atoms. The van der Waals surface area contributed by atoms with E-state index in [1.54, 1.807) is 7.11 Å². The molecule has 1 N–H and O–H groups in total. The Hall–Kier alpha value is -0.0800. The first-order valence-corrected chi connectivity index (χ1v) is 6.23. The van der Waals surface area contributed by atoms with Gasteiger partial charge in [-0.3, -0.25) is 0 Å². The summed E-state index contributed by atoms with van der Waals surface area (Å²) in [6.45, 7) is 7.13. The fraction of sp³-hybridized carbons (Fsp3) is 1.00. The molecule has 1 aliphatic rings. The normalized spacial score (nSPS) is 36.2. The van der Waals surface area contributed by atoms with Gasteiger partial charge in [0.25, 0.3) is 0 Å². The van der Waals surface area contributed by atoms with E-state index in [-0.39, 0.29) is 0 Å². The molecule has 0 aromatic rings. The average Bonchev–Trinajstić information content (AvgIpc) is 2.16. The quantitative estimate of drug-likeness (QED) is 0.779. The zero-order valence-corrected chi connectivity index (χ0v) is 10.6. The van der Waals surface area contributed by atoms with Gasteiger partial charge in [-0.2, -0.15) is 0 Å². The second kappa shape index (κ2) is 5.31. The van der Waals surface area contributed by atoms with E-state index in [2.05, 4.69) is 20.8 Å². The van der Waals surface area contributed by atoms with E-state index in [4.69, 9.17) is 4.74 Å². The molecular formula is C13H26O2. The summed E-state index contributed by atoms with van der Waals surface area (Å²) in [6.07, 6.45) is 4.41. The summed E-state index contributed by atoms with van der Waals surface area (Å²) in [5.41, 5.74) is -0.600. The van der Waals surface area contributed by atoms with E-state index in [0.717, 1.165) is 31.1 Å². The number of hydrogen-bond acceptors (Lipinski definition) is 2. The van der Waals surface area contributed by atoms with Crippen LogP contribution in [0.5, 0.6) is 0 Å². The highest BCUT2D eigenvalue weighted by molar-refractivity contribution is 4.90. The van der Waals surface area contributed by atoms with Crippen molar-refractivity contribution in [1.82, 2.24) is 0 Å². The molecule has 2 heteroatoms. The predicted octanol–water partition coefficient (Wildman–Crippen LogP) is 2.85. The van der Waals surface area contributed by atoms with Crippen molar-refractivity contribution in [3.63, 3.8) is 0 Å². The van der Waals surface area contributed by atoms with E-state index in [1.165, 1.54) is 6.42 Å². The maximum atomic E-state index is 10.6. The molecule has 0 saturated heterocycles. The molecule has 0 amide bonds. The van der Waals surface area contributed by atoms with Crippen LogP contribution in [0.15, 0.2) is 0 Å². The highest BCUT2D eigenvalue weighted by Crippen LogP contribution is 2.40. The summed E-state index contributed by atoms with van der Waals surface area (Å²) < 4.78 is 5.17. The molecule has 1 aliphatic carbocycles. The third-order valence-corrected chi connectivity index (χ3v) is 3.94. The van der Waals surface area contributed by atoms with Crippen LogP contribution in [-0.4, -0.2) is 24.4 Å². The van der Waals surface area contributed by atoms with Gasteiger partial charge in [-0.1, -0.05) is 20.8 Å². The molecule has 1 saturated carbocycles. The first-order chi connectivity index (χ1) is 7.01. The number of ether oxygens (including phenoxy) is 1. The lowest BCUT2D eigenvalue weighted by Crippen LogP contribution is -2.44. The van der Waals surface area contributed by atoms with Gasteiger partial charge in [0.15, 0.2) is 0 Å². The van der Waals surface area contributed by atoms with E-state index in [1.807, 2.05) is 0 Å². The molecule has 0 aromatic carbocycles. The van der Waals surface area contributed by atoms with E-state index in [0.29, 0.717) is 12.5 Å². The minimum atomic E-state index is -0.600. The number of methoxy groups -OCH3 is 1. The Morgan fingerprint density at radius 3 is 2.13 bits per heavy atom. The predicted molar refractivity (Wildman–Crippen MR) is 62.8 cm³/mol. The fourth-order valence-corrected chi connectivity index (χ4v) is 3.14. The molecule has 0 bridgehead atoms. The maximum absolute atomic E-state index is 10.6. The Morgan fingerprint density at radius 1 is 1.20 bits per heavy atom. The Balaban J connectivity index is 2.66. The largest absolute Gasteiger partial charge is 0.387 e. The van der Waals surface area contributed by atoms with Gasteiger partial charge < -0.3 is 9.84 Å². The molecule has 0 aliphatic heterocycles. The smallest absolute Gasteiger partial charge is 0.0905 e. The summed E-state index contributed by atoms with van der Waals surface area (Å²) in [7, 11) is 1.68. The zero-order chi connectivity index (χ0) is 11.5. The topological polar surface area (TPSA) is 29.5 Å². The molecule has 0 spiro atoms. The highest BCUT2D eigenvalue weighted by Gasteiger charge is 2.39. The molecule has 1 fully saturated rings. The van der Waals surface area contributed by atoms with Crippen molar-refractivity contribution in [1.29, 1.82) is 0 Å². The lowest BCUT2D eigenvalue weighted by molar-refractivity contribution is -0.0960. The van der Waals surface area contributed by atoms with Gasteiger partial charge >= 0.3 is 0 Å². The van der Waals surface area contributed by atoms with E-state index < -0.39 is 5.60 Å². The zero-order valence-electron chi connectivity index (χ0n) is 10.6. The van der Waals surface area contributed by atoms with Crippen molar-refractivity contribution in [3.8, 4) is 0 Å². The third-order valence-electron chi connectivity index (χ3n) is 3.94. The van der Waals surface area contributed by atoms with Gasteiger partial charge in [-0.05, 0) is 43.4 Å². The second-order valence-corrected chi connectivity index (χ2v) is 5.50. The van der Waals surface area contributed by atoms with Gasteiger partial charge in [-0.25, -0.2) is 0 Å². The van der Waals surface area contributed by atoms with Crippen molar-refractivity contribution < 1.29 is 9.84 Å². The minimum absolute atomic E-state index is 0.418. The number of hydrogen-bond donors (Lipinski definition) is 1. The molecule has 3 unspecified atom stereocenters. The monoisotopic (exact) mass is 214 g/mol. The summed E-state index contributed by atoms with van der Waals surface area (Å²) >= 11 is 0. The summed E-state index contributed by atoms with van der Waals surface area (Å²) in [5.74, 6) is 1.91.